The molecule has 0 saturated carbocycles. The van der Waals surface area contributed by atoms with E-state index < -0.39 is 5.97 Å². The van der Waals surface area contributed by atoms with Crippen LogP contribution < -0.4 is 10.5 Å². The molecule has 0 bridgehead atoms. The van der Waals surface area contributed by atoms with Gasteiger partial charge in [0.15, 0.2) is 0 Å². The summed E-state index contributed by atoms with van der Waals surface area (Å²) in [4.78, 5) is 12.9. The smallest absolute Gasteiger partial charge is 0.343 e. The van der Waals surface area contributed by atoms with Crippen molar-refractivity contribution >= 4 is 23.0 Å². The molecule has 2 N–H and O–H groups in total. The van der Waals surface area contributed by atoms with Crippen molar-refractivity contribution in [1.82, 2.24) is 0 Å². The molecule has 5 heteroatoms. The number of ether oxygens (including phenoxy) is 2. The highest BCUT2D eigenvalue weighted by molar-refractivity contribution is 7.09. The molecule has 0 spiro atoms. The predicted molar refractivity (Wildman–Crippen MR) is 75.7 cm³/mol. The minimum atomic E-state index is -0.482. The Bertz CT molecular complexity index is 552. The van der Waals surface area contributed by atoms with Gasteiger partial charge in [0.2, 0.25) is 0 Å². The monoisotopic (exact) mass is 277 g/mol. The molecule has 0 radical (unpaired) electrons. The average Bonchev–Trinajstić information content (AvgIpc) is 2.91. The second-order valence-electron chi connectivity index (χ2n) is 3.89. The van der Waals surface area contributed by atoms with Crippen molar-refractivity contribution in [2.75, 3.05) is 19.5 Å². The Morgan fingerprint density at radius 1 is 1.32 bits per heavy atom. The summed E-state index contributed by atoms with van der Waals surface area (Å²) < 4.78 is 10.4. The fourth-order valence-electron chi connectivity index (χ4n) is 1.71. The van der Waals surface area contributed by atoms with Gasteiger partial charge in [0.1, 0.15) is 11.3 Å². The van der Waals surface area contributed by atoms with Crippen LogP contribution in [-0.2, 0) is 11.2 Å². The number of carbonyl (C=O) groups is 1. The SMILES string of the molecule is COC(=O)c1c(N)cccc1OCCc1cccs1. The molecule has 0 atom stereocenters. The standard InChI is InChI=1S/C14H15NO3S/c1-17-14(16)13-11(15)5-2-6-12(13)18-8-7-10-4-3-9-19-10/h2-6,9H,7-8,15H2,1H3. The van der Waals surface area contributed by atoms with Crippen LogP contribution in [0.5, 0.6) is 5.75 Å². The molecule has 4 nitrogen and oxygen atoms in total. The third-order valence-corrected chi connectivity index (χ3v) is 3.57. The number of benzene rings is 1. The fraction of sp³-hybridized carbons (Fsp3) is 0.214. The van der Waals surface area contributed by atoms with E-state index in [9.17, 15) is 4.79 Å². The number of carbonyl (C=O) groups excluding carboxylic acids is 1. The van der Waals surface area contributed by atoms with Crippen LogP contribution >= 0.6 is 11.3 Å². The number of hydrogen-bond acceptors (Lipinski definition) is 5. The molecular weight excluding hydrogens is 262 g/mol. The molecule has 0 aliphatic carbocycles. The quantitative estimate of drug-likeness (QED) is 0.674. The maximum atomic E-state index is 11.7. The Morgan fingerprint density at radius 3 is 2.84 bits per heavy atom. The second kappa shape index (κ2) is 6.24. The molecule has 19 heavy (non-hydrogen) atoms. The molecule has 0 amide bonds. The molecule has 1 heterocycles. The molecule has 2 aromatic rings. The topological polar surface area (TPSA) is 61.5 Å². The summed E-state index contributed by atoms with van der Waals surface area (Å²) in [5.74, 6) is -0.0207. The predicted octanol–water partition coefficient (Wildman–Crippen LogP) is 2.74. The van der Waals surface area contributed by atoms with Gasteiger partial charge in [-0.25, -0.2) is 4.79 Å². The number of nitrogen functional groups attached to an aromatic ring is 1. The zero-order valence-electron chi connectivity index (χ0n) is 10.6. The minimum Gasteiger partial charge on any atom is -0.492 e. The number of anilines is 1. The first kappa shape index (κ1) is 13.4. The highest BCUT2D eigenvalue weighted by atomic mass is 32.1. The van der Waals surface area contributed by atoms with E-state index in [4.69, 9.17) is 15.2 Å². The maximum absolute atomic E-state index is 11.7. The molecule has 2 rings (SSSR count). The summed E-state index contributed by atoms with van der Waals surface area (Å²) in [5, 5.41) is 2.02. The van der Waals surface area contributed by atoms with Crippen molar-refractivity contribution in [3.8, 4) is 5.75 Å². The van der Waals surface area contributed by atoms with Gasteiger partial charge in [-0.15, -0.1) is 11.3 Å². The van der Waals surface area contributed by atoms with E-state index in [1.807, 2.05) is 11.4 Å². The van der Waals surface area contributed by atoms with Crippen molar-refractivity contribution in [1.29, 1.82) is 0 Å². The van der Waals surface area contributed by atoms with Crippen LogP contribution in [-0.4, -0.2) is 19.7 Å². The van der Waals surface area contributed by atoms with Gasteiger partial charge >= 0.3 is 5.97 Å². The summed E-state index contributed by atoms with van der Waals surface area (Å²) in [7, 11) is 1.32. The molecule has 100 valence electrons. The van der Waals surface area contributed by atoms with Crippen LogP contribution in [0.3, 0.4) is 0 Å². The van der Waals surface area contributed by atoms with E-state index in [-0.39, 0.29) is 5.56 Å². The Morgan fingerprint density at radius 2 is 2.16 bits per heavy atom. The fourth-order valence-corrected chi connectivity index (χ4v) is 2.40. The van der Waals surface area contributed by atoms with E-state index in [2.05, 4.69) is 6.07 Å². The lowest BCUT2D eigenvalue weighted by Gasteiger charge is -2.11. The van der Waals surface area contributed by atoms with Gasteiger partial charge in [0.25, 0.3) is 0 Å². The lowest BCUT2D eigenvalue weighted by molar-refractivity contribution is 0.0597. The van der Waals surface area contributed by atoms with Gasteiger partial charge in [-0.2, -0.15) is 0 Å². The van der Waals surface area contributed by atoms with Gasteiger partial charge in [-0.05, 0) is 23.6 Å². The number of thiophene rings is 1. The Kier molecular flexibility index (Phi) is 4.41. The number of hydrogen-bond donors (Lipinski definition) is 1. The zero-order chi connectivity index (χ0) is 13.7. The molecule has 1 aromatic carbocycles. The van der Waals surface area contributed by atoms with Crippen LogP contribution in [0.15, 0.2) is 35.7 Å². The lowest BCUT2D eigenvalue weighted by atomic mass is 10.1. The summed E-state index contributed by atoms with van der Waals surface area (Å²) in [6.45, 7) is 0.494. The van der Waals surface area contributed by atoms with Gasteiger partial charge in [0, 0.05) is 17.0 Å². The largest absolute Gasteiger partial charge is 0.492 e. The van der Waals surface area contributed by atoms with Crippen LogP contribution in [0.25, 0.3) is 0 Å². The van der Waals surface area contributed by atoms with Crippen molar-refractivity contribution in [3.05, 3.63) is 46.2 Å². The summed E-state index contributed by atoms with van der Waals surface area (Å²) >= 11 is 1.68. The average molecular weight is 277 g/mol. The van der Waals surface area contributed by atoms with E-state index in [0.29, 0.717) is 18.0 Å². The Balaban J connectivity index is 2.07. The normalized spacial score (nSPS) is 10.2. The third-order valence-electron chi connectivity index (χ3n) is 2.63. The molecule has 0 unspecified atom stereocenters. The number of esters is 1. The van der Waals surface area contributed by atoms with E-state index >= 15 is 0 Å². The number of methoxy groups -OCH3 is 1. The molecule has 0 fully saturated rings. The molecule has 1 aromatic heterocycles. The van der Waals surface area contributed by atoms with Crippen LogP contribution in [0.2, 0.25) is 0 Å². The van der Waals surface area contributed by atoms with Crippen LogP contribution in [0.4, 0.5) is 5.69 Å². The minimum absolute atomic E-state index is 0.288. The molecule has 0 aliphatic rings. The molecule has 0 saturated heterocycles. The van der Waals surface area contributed by atoms with Gasteiger partial charge in [0.05, 0.1) is 13.7 Å². The van der Waals surface area contributed by atoms with Crippen molar-refractivity contribution < 1.29 is 14.3 Å². The Labute approximate surface area is 115 Å². The Hall–Kier alpha value is -2.01. The highest BCUT2D eigenvalue weighted by Gasteiger charge is 2.16. The summed E-state index contributed by atoms with van der Waals surface area (Å²) in [6, 6.07) is 9.17. The van der Waals surface area contributed by atoms with Gasteiger partial charge < -0.3 is 15.2 Å². The second-order valence-corrected chi connectivity index (χ2v) is 4.92. The van der Waals surface area contributed by atoms with E-state index in [1.54, 1.807) is 29.5 Å². The van der Waals surface area contributed by atoms with Gasteiger partial charge in [-0.1, -0.05) is 12.1 Å². The number of nitrogens with two attached hydrogens (primary N) is 1. The first-order valence-electron chi connectivity index (χ1n) is 5.84. The van der Waals surface area contributed by atoms with Crippen molar-refractivity contribution in [2.24, 2.45) is 0 Å². The zero-order valence-corrected chi connectivity index (χ0v) is 11.4. The van der Waals surface area contributed by atoms with Crippen molar-refractivity contribution in [2.45, 2.75) is 6.42 Å². The van der Waals surface area contributed by atoms with E-state index in [1.165, 1.54) is 12.0 Å². The molecular formula is C14H15NO3S. The summed E-state index contributed by atoms with van der Waals surface area (Å²) in [5.41, 5.74) is 6.44. The van der Waals surface area contributed by atoms with Crippen LogP contribution in [0.1, 0.15) is 15.2 Å². The van der Waals surface area contributed by atoms with Crippen LogP contribution in [0, 0.1) is 0 Å². The van der Waals surface area contributed by atoms with E-state index in [0.717, 1.165) is 6.42 Å². The van der Waals surface area contributed by atoms with Gasteiger partial charge in [-0.3, -0.25) is 0 Å². The lowest BCUT2D eigenvalue weighted by Crippen LogP contribution is -2.10. The maximum Gasteiger partial charge on any atom is 0.343 e. The number of rotatable bonds is 5. The van der Waals surface area contributed by atoms with Crippen molar-refractivity contribution in [3.63, 3.8) is 0 Å². The highest BCUT2D eigenvalue weighted by Crippen LogP contribution is 2.25. The first-order valence-corrected chi connectivity index (χ1v) is 6.72. The summed E-state index contributed by atoms with van der Waals surface area (Å²) in [6.07, 6.45) is 0.799. The first-order chi connectivity index (χ1) is 9.22. The molecule has 0 aliphatic heterocycles. The third kappa shape index (κ3) is 3.26.